The first kappa shape index (κ1) is 21.7. The number of anilines is 1. The Labute approximate surface area is 207 Å². The molecule has 1 amide bonds. The zero-order chi connectivity index (χ0) is 23.8. The SMILES string of the molecule is CC1CN(c2nc3ccccc3c3nnc(Cc4ccccc4)n23)CCN1C(=O)Cc1cccs1. The lowest BCUT2D eigenvalue weighted by Crippen LogP contribution is -2.55. The molecular formula is C27H26N6OS. The van der Waals surface area contributed by atoms with E-state index in [0.29, 0.717) is 32.5 Å². The first-order valence-corrected chi connectivity index (χ1v) is 12.8. The number of para-hydroxylation sites is 1. The van der Waals surface area contributed by atoms with E-state index in [1.54, 1.807) is 11.3 Å². The van der Waals surface area contributed by atoms with Crippen LogP contribution in [-0.4, -0.2) is 56.1 Å². The molecule has 6 rings (SSSR count). The Balaban J connectivity index is 1.35. The van der Waals surface area contributed by atoms with Crippen molar-refractivity contribution >= 4 is 39.7 Å². The van der Waals surface area contributed by atoms with Crippen LogP contribution < -0.4 is 4.90 Å². The van der Waals surface area contributed by atoms with Crippen molar-refractivity contribution < 1.29 is 4.79 Å². The third-order valence-electron chi connectivity index (χ3n) is 6.64. The van der Waals surface area contributed by atoms with Crippen LogP contribution in [-0.2, 0) is 17.6 Å². The molecule has 5 aromatic rings. The van der Waals surface area contributed by atoms with Crippen LogP contribution >= 0.6 is 11.3 Å². The molecule has 0 bridgehead atoms. The summed E-state index contributed by atoms with van der Waals surface area (Å²) in [6, 6.07) is 22.5. The number of benzene rings is 2. The molecule has 0 radical (unpaired) electrons. The van der Waals surface area contributed by atoms with Gasteiger partial charge in [-0.25, -0.2) is 9.38 Å². The minimum atomic E-state index is 0.0774. The summed E-state index contributed by atoms with van der Waals surface area (Å²) in [6.07, 6.45) is 1.14. The van der Waals surface area contributed by atoms with Gasteiger partial charge in [0.2, 0.25) is 11.9 Å². The number of hydrogen-bond acceptors (Lipinski definition) is 6. The molecule has 3 aromatic heterocycles. The van der Waals surface area contributed by atoms with Gasteiger partial charge in [-0.3, -0.25) is 4.79 Å². The topological polar surface area (TPSA) is 66.6 Å². The molecule has 4 heterocycles. The van der Waals surface area contributed by atoms with Gasteiger partial charge in [0.05, 0.1) is 11.9 Å². The van der Waals surface area contributed by atoms with Crippen LogP contribution in [0.25, 0.3) is 16.6 Å². The van der Waals surface area contributed by atoms with Crippen LogP contribution in [0.3, 0.4) is 0 Å². The lowest BCUT2D eigenvalue weighted by atomic mass is 10.1. The molecule has 0 saturated carbocycles. The second kappa shape index (κ2) is 9.11. The largest absolute Gasteiger partial charge is 0.338 e. The van der Waals surface area contributed by atoms with Gasteiger partial charge in [-0.05, 0) is 36.1 Å². The third-order valence-corrected chi connectivity index (χ3v) is 7.51. The van der Waals surface area contributed by atoms with E-state index in [1.807, 2.05) is 64.9 Å². The van der Waals surface area contributed by atoms with E-state index in [2.05, 4.69) is 38.6 Å². The van der Waals surface area contributed by atoms with Gasteiger partial charge in [0.1, 0.15) is 5.82 Å². The monoisotopic (exact) mass is 482 g/mol. The standard InChI is InChI=1S/C27H26N6OS/c1-19-18-31(13-14-32(19)25(34)17-21-10-7-15-35-21)27-28-23-12-6-5-11-22(23)26-30-29-24(33(26)27)16-20-8-3-2-4-9-20/h2-12,15,19H,13-14,16-18H2,1H3. The highest BCUT2D eigenvalue weighted by molar-refractivity contribution is 7.10. The van der Waals surface area contributed by atoms with E-state index in [9.17, 15) is 4.79 Å². The molecule has 0 spiro atoms. The summed E-state index contributed by atoms with van der Waals surface area (Å²) in [5.74, 6) is 1.89. The molecule has 1 fully saturated rings. The fourth-order valence-corrected chi connectivity index (χ4v) is 5.59. The van der Waals surface area contributed by atoms with Gasteiger partial charge in [-0.1, -0.05) is 48.5 Å². The fraction of sp³-hybridized carbons (Fsp3) is 0.259. The number of amides is 1. The normalized spacial score (nSPS) is 16.3. The van der Waals surface area contributed by atoms with Crippen molar-refractivity contribution in [3.05, 3.63) is 88.4 Å². The number of hydrogen-bond donors (Lipinski definition) is 0. The molecule has 1 saturated heterocycles. The van der Waals surface area contributed by atoms with Gasteiger partial charge in [-0.2, -0.15) is 0 Å². The summed E-state index contributed by atoms with van der Waals surface area (Å²) in [6.45, 7) is 4.20. The van der Waals surface area contributed by atoms with Crippen molar-refractivity contribution in [2.75, 3.05) is 24.5 Å². The fourth-order valence-electron chi connectivity index (χ4n) is 4.90. The second-order valence-corrected chi connectivity index (χ2v) is 10.0. The Morgan fingerprint density at radius 2 is 1.83 bits per heavy atom. The summed E-state index contributed by atoms with van der Waals surface area (Å²) in [5.41, 5.74) is 2.90. The Bertz CT molecular complexity index is 1480. The van der Waals surface area contributed by atoms with Crippen LogP contribution in [0, 0.1) is 0 Å². The molecule has 2 aromatic carbocycles. The number of carbonyl (C=O) groups is 1. The van der Waals surface area contributed by atoms with Crippen molar-refractivity contribution in [3.63, 3.8) is 0 Å². The van der Waals surface area contributed by atoms with Gasteiger partial charge in [0, 0.05) is 42.4 Å². The number of aromatic nitrogens is 4. The van der Waals surface area contributed by atoms with Crippen molar-refractivity contribution in [3.8, 4) is 0 Å². The number of thiophene rings is 1. The number of carbonyl (C=O) groups excluding carboxylic acids is 1. The van der Waals surface area contributed by atoms with Crippen molar-refractivity contribution in [1.29, 1.82) is 0 Å². The van der Waals surface area contributed by atoms with E-state index in [4.69, 9.17) is 4.98 Å². The van der Waals surface area contributed by atoms with Crippen LogP contribution in [0.15, 0.2) is 72.1 Å². The lowest BCUT2D eigenvalue weighted by Gasteiger charge is -2.40. The molecule has 1 aliphatic rings. The van der Waals surface area contributed by atoms with Gasteiger partial charge >= 0.3 is 0 Å². The Morgan fingerprint density at radius 1 is 1.00 bits per heavy atom. The summed E-state index contributed by atoms with van der Waals surface area (Å²) < 4.78 is 2.10. The Morgan fingerprint density at radius 3 is 2.63 bits per heavy atom. The number of rotatable bonds is 5. The molecule has 1 unspecified atom stereocenters. The third kappa shape index (κ3) is 4.14. The quantitative estimate of drug-likeness (QED) is 0.375. The summed E-state index contributed by atoms with van der Waals surface area (Å²) in [7, 11) is 0. The van der Waals surface area contributed by atoms with Gasteiger partial charge in [0.15, 0.2) is 5.65 Å². The molecule has 0 aliphatic carbocycles. The minimum Gasteiger partial charge on any atom is -0.338 e. The van der Waals surface area contributed by atoms with Crippen LogP contribution in [0.1, 0.15) is 23.2 Å². The smallest absolute Gasteiger partial charge is 0.228 e. The minimum absolute atomic E-state index is 0.0774. The summed E-state index contributed by atoms with van der Waals surface area (Å²) >= 11 is 1.63. The predicted octanol–water partition coefficient (Wildman–Crippen LogP) is 4.21. The molecular weight excluding hydrogens is 456 g/mol. The molecule has 35 heavy (non-hydrogen) atoms. The Kier molecular flexibility index (Phi) is 5.66. The zero-order valence-corrected chi connectivity index (χ0v) is 20.4. The Hall–Kier alpha value is -3.78. The van der Waals surface area contributed by atoms with Crippen LogP contribution in [0.4, 0.5) is 5.95 Å². The van der Waals surface area contributed by atoms with E-state index in [1.165, 1.54) is 5.56 Å². The highest BCUT2D eigenvalue weighted by Crippen LogP contribution is 2.27. The van der Waals surface area contributed by atoms with Gasteiger partial charge in [-0.15, -0.1) is 21.5 Å². The highest BCUT2D eigenvalue weighted by atomic mass is 32.1. The maximum absolute atomic E-state index is 13.0. The van der Waals surface area contributed by atoms with Gasteiger partial charge < -0.3 is 9.80 Å². The van der Waals surface area contributed by atoms with Crippen LogP contribution in [0.2, 0.25) is 0 Å². The second-order valence-electron chi connectivity index (χ2n) is 9.00. The predicted molar refractivity (Wildman–Crippen MR) is 139 cm³/mol. The van der Waals surface area contributed by atoms with Crippen molar-refractivity contribution in [1.82, 2.24) is 24.5 Å². The highest BCUT2D eigenvalue weighted by Gasteiger charge is 2.30. The van der Waals surface area contributed by atoms with Crippen molar-refractivity contribution in [2.45, 2.75) is 25.8 Å². The maximum Gasteiger partial charge on any atom is 0.228 e. The van der Waals surface area contributed by atoms with Crippen LogP contribution in [0.5, 0.6) is 0 Å². The number of nitrogens with zero attached hydrogens (tertiary/aromatic N) is 6. The van der Waals surface area contributed by atoms with Gasteiger partial charge in [0.25, 0.3) is 0 Å². The maximum atomic E-state index is 13.0. The number of fused-ring (bicyclic) bond motifs is 3. The van der Waals surface area contributed by atoms with E-state index >= 15 is 0 Å². The number of piperazine rings is 1. The first-order valence-electron chi connectivity index (χ1n) is 11.9. The van der Waals surface area contributed by atoms with E-state index in [-0.39, 0.29) is 11.9 Å². The first-order chi connectivity index (χ1) is 17.2. The van der Waals surface area contributed by atoms with Crippen molar-refractivity contribution in [2.24, 2.45) is 0 Å². The summed E-state index contributed by atoms with van der Waals surface area (Å²) in [4.78, 5) is 23.5. The average molecular weight is 483 g/mol. The lowest BCUT2D eigenvalue weighted by molar-refractivity contribution is -0.132. The molecule has 0 N–H and O–H groups in total. The molecule has 1 atom stereocenters. The summed E-state index contributed by atoms with van der Waals surface area (Å²) in [5, 5.41) is 12.2. The molecule has 176 valence electrons. The molecule has 7 nitrogen and oxygen atoms in total. The zero-order valence-electron chi connectivity index (χ0n) is 19.5. The molecule has 8 heteroatoms. The van der Waals surface area contributed by atoms with E-state index < -0.39 is 0 Å². The molecule has 1 aliphatic heterocycles. The average Bonchev–Trinajstić information content (AvgIpc) is 3.54. The van der Waals surface area contributed by atoms with E-state index in [0.717, 1.165) is 33.2 Å².